The summed E-state index contributed by atoms with van der Waals surface area (Å²) in [4.78, 5) is 0. The predicted octanol–water partition coefficient (Wildman–Crippen LogP) is 3.51. The zero-order valence-corrected chi connectivity index (χ0v) is 12.6. The molecule has 0 atom stereocenters. The van der Waals surface area contributed by atoms with Gasteiger partial charge in [0.05, 0.1) is 14.2 Å². The van der Waals surface area contributed by atoms with Gasteiger partial charge in [0, 0.05) is 24.7 Å². The number of hydrogen-bond donors (Lipinski definition) is 1. The standard InChI is InChI=1S/C18H21NO2/c1-14(15-7-5-4-6-8-15)12-19-13-16-9-10-17(20-2)11-18(16)21-3/h4-11,19H,1,12-13H2,2-3H3. The van der Waals surface area contributed by atoms with Crippen LogP contribution in [0.2, 0.25) is 0 Å². The minimum atomic E-state index is 0.721. The molecule has 1 N–H and O–H groups in total. The molecular weight excluding hydrogens is 262 g/mol. The van der Waals surface area contributed by atoms with Crippen LogP contribution in [0.1, 0.15) is 11.1 Å². The Balaban J connectivity index is 1.93. The summed E-state index contributed by atoms with van der Waals surface area (Å²) in [6.45, 7) is 5.57. The van der Waals surface area contributed by atoms with Crippen molar-refractivity contribution in [1.82, 2.24) is 5.32 Å². The molecule has 0 aliphatic rings. The van der Waals surface area contributed by atoms with E-state index in [1.807, 2.05) is 36.4 Å². The van der Waals surface area contributed by atoms with Crippen molar-refractivity contribution in [3.05, 3.63) is 66.2 Å². The first-order chi connectivity index (χ1) is 10.2. The van der Waals surface area contributed by atoms with Crippen LogP contribution in [0.3, 0.4) is 0 Å². The van der Waals surface area contributed by atoms with Crippen LogP contribution in [-0.2, 0) is 6.54 Å². The van der Waals surface area contributed by atoms with Gasteiger partial charge in [-0.25, -0.2) is 0 Å². The molecule has 110 valence electrons. The Bertz CT molecular complexity index is 593. The highest BCUT2D eigenvalue weighted by atomic mass is 16.5. The van der Waals surface area contributed by atoms with Gasteiger partial charge in [-0.1, -0.05) is 43.0 Å². The zero-order valence-electron chi connectivity index (χ0n) is 12.6. The second kappa shape index (κ2) is 7.50. The highest BCUT2D eigenvalue weighted by molar-refractivity contribution is 5.64. The number of rotatable bonds is 7. The summed E-state index contributed by atoms with van der Waals surface area (Å²) in [6.07, 6.45) is 0. The maximum Gasteiger partial charge on any atom is 0.127 e. The molecule has 0 amide bonds. The molecule has 0 aliphatic carbocycles. The highest BCUT2D eigenvalue weighted by Gasteiger charge is 2.05. The van der Waals surface area contributed by atoms with Gasteiger partial charge in [-0.05, 0) is 17.2 Å². The van der Waals surface area contributed by atoms with E-state index >= 15 is 0 Å². The Kier molecular flexibility index (Phi) is 5.41. The van der Waals surface area contributed by atoms with Crippen molar-refractivity contribution in [2.24, 2.45) is 0 Å². The van der Waals surface area contributed by atoms with Gasteiger partial charge in [0.2, 0.25) is 0 Å². The number of hydrogen-bond acceptors (Lipinski definition) is 3. The van der Waals surface area contributed by atoms with Gasteiger partial charge < -0.3 is 14.8 Å². The molecule has 3 nitrogen and oxygen atoms in total. The lowest BCUT2D eigenvalue weighted by molar-refractivity contribution is 0.390. The Morgan fingerprint density at radius 1 is 1.05 bits per heavy atom. The third-order valence-corrected chi connectivity index (χ3v) is 3.33. The fourth-order valence-electron chi connectivity index (χ4n) is 2.12. The Hall–Kier alpha value is -2.26. The lowest BCUT2D eigenvalue weighted by Gasteiger charge is -2.12. The molecule has 3 heteroatoms. The Labute approximate surface area is 126 Å². The predicted molar refractivity (Wildman–Crippen MR) is 86.7 cm³/mol. The van der Waals surface area contributed by atoms with E-state index < -0.39 is 0 Å². The van der Waals surface area contributed by atoms with E-state index in [0.717, 1.165) is 41.3 Å². The van der Waals surface area contributed by atoms with Gasteiger partial charge in [0.1, 0.15) is 11.5 Å². The van der Waals surface area contributed by atoms with Crippen LogP contribution < -0.4 is 14.8 Å². The van der Waals surface area contributed by atoms with Gasteiger partial charge in [-0.2, -0.15) is 0 Å². The van der Waals surface area contributed by atoms with Crippen molar-refractivity contribution in [2.75, 3.05) is 20.8 Å². The molecule has 2 aromatic rings. The first-order valence-electron chi connectivity index (χ1n) is 6.89. The molecule has 0 saturated carbocycles. The minimum Gasteiger partial charge on any atom is -0.497 e. The molecule has 0 saturated heterocycles. The van der Waals surface area contributed by atoms with Gasteiger partial charge in [0.25, 0.3) is 0 Å². The Morgan fingerprint density at radius 3 is 2.48 bits per heavy atom. The quantitative estimate of drug-likeness (QED) is 0.843. The summed E-state index contributed by atoms with van der Waals surface area (Å²) >= 11 is 0. The average Bonchev–Trinajstić information content (AvgIpc) is 2.55. The maximum absolute atomic E-state index is 5.39. The maximum atomic E-state index is 5.39. The summed E-state index contributed by atoms with van der Waals surface area (Å²) in [5, 5.41) is 3.39. The molecule has 2 aromatic carbocycles. The summed E-state index contributed by atoms with van der Waals surface area (Å²) < 4.78 is 10.6. The SMILES string of the molecule is C=C(CNCc1ccc(OC)cc1OC)c1ccccc1. The fourth-order valence-corrected chi connectivity index (χ4v) is 2.12. The summed E-state index contributed by atoms with van der Waals surface area (Å²) in [7, 11) is 3.32. The molecule has 0 spiro atoms. The van der Waals surface area contributed by atoms with Gasteiger partial charge in [-0.3, -0.25) is 0 Å². The van der Waals surface area contributed by atoms with E-state index in [0.29, 0.717) is 0 Å². The Morgan fingerprint density at radius 2 is 1.81 bits per heavy atom. The van der Waals surface area contributed by atoms with Crippen LogP contribution in [0.15, 0.2) is 55.1 Å². The van der Waals surface area contributed by atoms with Crippen molar-refractivity contribution in [3.8, 4) is 11.5 Å². The third-order valence-electron chi connectivity index (χ3n) is 3.33. The zero-order chi connectivity index (χ0) is 15.1. The molecule has 0 fully saturated rings. The van der Waals surface area contributed by atoms with Crippen molar-refractivity contribution < 1.29 is 9.47 Å². The van der Waals surface area contributed by atoms with E-state index in [1.165, 1.54) is 0 Å². The van der Waals surface area contributed by atoms with Crippen LogP contribution in [0.4, 0.5) is 0 Å². The molecule has 0 bridgehead atoms. The second-order valence-electron chi connectivity index (χ2n) is 4.75. The molecule has 0 aliphatic heterocycles. The van der Waals surface area contributed by atoms with Gasteiger partial charge in [-0.15, -0.1) is 0 Å². The van der Waals surface area contributed by atoms with Crippen molar-refractivity contribution in [2.45, 2.75) is 6.54 Å². The molecular formula is C18H21NO2. The van der Waals surface area contributed by atoms with E-state index in [4.69, 9.17) is 9.47 Å². The molecule has 0 unspecified atom stereocenters. The number of ether oxygens (including phenoxy) is 2. The second-order valence-corrected chi connectivity index (χ2v) is 4.75. The number of benzene rings is 2. The lowest BCUT2D eigenvalue weighted by Crippen LogP contribution is -2.16. The molecule has 0 heterocycles. The van der Waals surface area contributed by atoms with Gasteiger partial charge in [0.15, 0.2) is 0 Å². The fraction of sp³-hybridized carbons (Fsp3) is 0.222. The monoisotopic (exact) mass is 283 g/mol. The van der Waals surface area contributed by atoms with Gasteiger partial charge >= 0.3 is 0 Å². The topological polar surface area (TPSA) is 30.5 Å². The van der Waals surface area contributed by atoms with E-state index in [2.05, 4.69) is 24.0 Å². The molecule has 0 radical (unpaired) electrons. The van der Waals surface area contributed by atoms with E-state index in [1.54, 1.807) is 14.2 Å². The molecule has 0 aromatic heterocycles. The van der Waals surface area contributed by atoms with Crippen LogP contribution in [0.25, 0.3) is 5.57 Å². The summed E-state index contributed by atoms with van der Waals surface area (Å²) in [5.41, 5.74) is 3.33. The van der Waals surface area contributed by atoms with E-state index in [9.17, 15) is 0 Å². The van der Waals surface area contributed by atoms with E-state index in [-0.39, 0.29) is 0 Å². The van der Waals surface area contributed by atoms with Crippen molar-refractivity contribution >= 4 is 5.57 Å². The van der Waals surface area contributed by atoms with Crippen LogP contribution in [0, 0.1) is 0 Å². The van der Waals surface area contributed by atoms with Crippen LogP contribution >= 0.6 is 0 Å². The average molecular weight is 283 g/mol. The first-order valence-corrected chi connectivity index (χ1v) is 6.89. The number of methoxy groups -OCH3 is 2. The largest absolute Gasteiger partial charge is 0.497 e. The number of nitrogens with one attached hydrogen (secondary N) is 1. The smallest absolute Gasteiger partial charge is 0.127 e. The molecule has 2 rings (SSSR count). The molecule has 21 heavy (non-hydrogen) atoms. The normalized spacial score (nSPS) is 10.2. The summed E-state index contributed by atoms with van der Waals surface area (Å²) in [6, 6.07) is 16.0. The van der Waals surface area contributed by atoms with Crippen LogP contribution in [0.5, 0.6) is 11.5 Å². The van der Waals surface area contributed by atoms with Crippen molar-refractivity contribution in [3.63, 3.8) is 0 Å². The third kappa shape index (κ3) is 4.10. The highest BCUT2D eigenvalue weighted by Crippen LogP contribution is 2.24. The minimum absolute atomic E-state index is 0.721. The van der Waals surface area contributed by atoms with Crippen LogP contribution in [-0.4, -0.2) is 20.8 Å². The van der Waals surface area contributed by atoms with Crippen molar-refractivity contribution in [1.29, 1.82) is 0 Å². The first kappa shape index (κ1) is 15.1. The lowest BCUT2D eigenvalue weighted by atomic mass is 10.1. The summed E-state index contributed by atoms with van der Waals surface area (Å²) in [5.74, 6) is 1.62.